The Kier molecular flexibility index (Phi) is 12.1. The van der Waals surface area contributed by atoms with Crippen molar-refractivity contribution in [3.05, 3.63) is 36.4 Å². The Bertz CT molecular complexity index is 1090. The van der Waals surface area contributed by atoms with Crippen LogP contribution in [0.25, 0.3) is 0 Å². The normalized spacial score (nSPS) is 15.5. The Labute approximate surface area is 239 Å². The number of carbonyl (C=O) groups is 4. The lowest BCUT2D eigenvalue weighted by Gasteiger charge is -2.35. The van der Waals surface area contributed by atoms with Crippen LogP contribution in [0.2, 0.25) is 0 Å². The number of carbonyl (C=O) groups excluding carboxylic acids is 4. The Balaban J connectivity index is 0.000000239. The zero-order valence-electron chi connectivity index (χ0n) is 24.7. The average molecular weight is 580 g/mol. The Morgan fingerprint density at radius 3 is 1.49 bits per heavy atom. The lowest BCUT2D eigenvalue weighted by Crippen LogP contribution is -2.51. The van der Waals surface area contributed by atoms with Crippen LogP contribution in [0.1, 0.15) is 62.5 Å². The van der Waals surface area contributed by atoms with Gasteiger partial charge in [0.15, 0.2) is 0 Å². The fraction of sp³-hybridized carbons (Fsp3) is 0.615. The molecule has 0 spiro atoms. The van der Waals surface area contributed by atoms with Crippen molar-refractivity contribution < 1.29 is 33.8 Å². The molecular weight excluding hydrogens is 536 g/mol. The van der Waals surface area contributed by atoms with Gasteiger partial charge in [-0.15, -0.1) is 0 Å². The van der Waals surface area contributed by atoms with E-state index in [9.17, 15) is 19.2 Å². The van der Waals surface area contributed by atoms with E-state index in [1.165, 1.54) is 25.0 Å². The van der Waals surface area contributed by atoms with Gasteiger partial charge < -0.3 is 44.6 Å². The van der Waals surface area contributed by atoms with E-state index in [2.05, 4.69) is 25.3 Å². The standard InChI is InChI=1S/C13H20N4O3.C9H18N2O2.C4H4N2O2/c1-13(2,3)20-12(19)17-6-4-16(5-7-17)11(18)10-8-14-9-15-10;1-9(2,3)13-8(12)11-6-4-10-5-7-11;7-4(8)3-1-5-2-6-3/h8-9H,4-7H2,1-3H3,(H,14,15);10H,4-7H2,1-3H3;1-2H,(H,5,6)(H,7,8)/p+1. The Morgan fingerprint density at radius 2 is 1.12 bits per heavy atom. The van der Waals surface area contributed by atoms with Crippen molar-refractivity contribution in [3.63, 3.8) is 0 Å². The van der Waals surface area contributed by atoms with E-state index in [4.69, 9.17) is 14.6 Å². The second kappa shape index (κ2) is 15.0. The molecule has 2 aliphatic rings. The molecule has 0 saturated carbocycles. The van der Waals surface area contributed by atoms with Gasteiger partial charge >= 0.3 is 18.2 Å². The summed E-state index contributed by atoms with van der Waals surface area (Å²) in [5.41, 5.74) is -0.192. The van der Waals surface area contributed by atoms with Crippen LogP contribution in [0, 0.1) is 0 Å². The Morgan fingerprint density at radius 1 is 0.707 bits per heavy atom. The summed E-state index contributed by atoms with van der Waals surface area (Å²) in [4.78, 5) is 63.3. The number of ether oxygens (including phenoxy) is 2. The van der Waals surface area contributed by atoms with E-state index in [0.29, 0.717) is 31.9 Å². The first kappa shape index (κ1) is 33.1. The largest absolute Gasteiger partial charge is 0.567 e. The third-order valence-electron chi connectivity index (χ3n) is 5.46. The molecule has 5 N–H and O–H groups in total. The first-order valence-corrected chi connectivity index (χ1v) is 13.3. The zero-order chi connectivity index (χ0) is 30.6. The highest BCUT2D eigenvalue weighted by Crippen LogP contribution is 2.13. The molecule has 4 heterocycles. The molecule has 0 unspecified atom stereocenters. The number of aromatic nitrogens is 4. The average Bonchev–Trinajstić information content (AvgIpc) is 3.63. The highest BCUT2D eigenvalue weighted by Gasteiger charge is 2.28. The van der Waals surface area contributed by atoms with E-state index >= 15 is 0 Å². The van der Waals surface area contributed by atoms with Gasteiger partial charge in [-0.25, -0.2) is 19.6 Å². The molecule has 2 fully saturated rings. The van der Waals surface area contributed by atoms with Crippen molar-refractivity contribution in [1.82, 2.24) is 40.0 Å². The van der Waals surface area contributed by atoms with Gasteiger partial charge in [0, 0.05) is 57.2 Å². The van der Waals surface area contributed by atoms with Gasteiger partial charge in [0.1, 0.15) is 16.9 Å². The molecule has 3 amide bonds. The summed E-state index contributed by atoms with van der Waals surface area (Å²) in [5, 5.41) is 9.71. The molecule has 0 aliphatic carbocycles. The molecule has 15 nitrogen and oxygen atoms in total. The van der Waals surface area contributed by atoms with E-state index in [0.717, 1.165) is 26.2 Å². The fourth-order valence-electron chi connectivity index (χ4n) is 3.52. The smallest absolute Gasteiger partial charge is 0.560 e. The molecule has 15 heteroatoms. The maximum Gasteiger partial charge on any atom is 0.567 e. The molecule has 2 saturated heterocycles. The lowest BCUT2D eigenvalue weighted by atomic mass is 10.2. The van der Waals surface area contributed by atoms with Crippen molar-refractivity contribution in [2.75, 3.05) is 52.4 Å². The van der Waals surface area contributed by atoms with E-state index < -0.39 is 11.6 Å². The maximum atomic E-state index is 12.1. The summed E-state index contributed by atoms with van der Waals surface area (Å²) in [6.45, 7) is 16.3. The second-order valence-electron chi connectivity index (χ2n) is 11.2. The molecule has 41 heavy (non-hydrogen) atoms. The van der Waals surface area contributed by atoms with Crippen LogP contribution in [0.4, 0.5) is 9.59 Å². The fourth-order valence-corrected chi connectivity index (χ4v) is 3.52. The van der Waals surface area contributed by atoms with Crippen molar-refractivity contribution in [1.29, 1.82) is 0 Å². The number of nitrogens with zero attached hydrogens (tertiary/aromatic N) is 5. The number of piperazine rings is 2. The number of imidazole rings is 2. The van der Waals surface area contributed by atoms with Crippen LogP contribution >= 0.6 is 0 Å². The van der Waals surface area contributed by atoms with E-state index in [1.54, 1.807) is 14.7 Å². The molecule has 0 radical (unpaired) electrons. The molecule has 2 aliphatic heterocycles. The number of hydrogen-bond donors (Lipinski definition) is 3. The highest BCUT2D eigenvalue weighted by molar-refractivity contribution is 5.92. The van der Waals surface area contributed by atoms with Gasteiger partial charge in [-0.2, -0.15) is 0 Å². The molecule has 228 valence electrons. The molecule has 0 atom stereocenters. The second-order valence-corrected chi connectivity index (χ2v) is 11.2. The van der Waals surface area contributed by atoms with Crippen LogP contribution < -0.4 is 5.32 Å². The van der Waals surface area contributed by atoms with Crippen LogP contribution in [-0.4, -0.2) is 127 Å². The first-order chi connectivity index (χ1) is 19.2. The number of nitrogens with one attached hydrogen (secondary N) is 3. The number of hydrogen-bond acceptors (Lipinski definition) is 9. The van der Waals surface area contributed by atoms with Crippen LogP contribution in [0.5, 0.6) is 0 Å². The lowest BCUT2D eigenvalue weighted by molar-refractivity contribution is 0.0139. The summed E-state index contributed by atoms with van der Waals surface area (Å²) in [6, 6.07) is 0. The third kappa shape index (κ3) is 12.3. The number of H-pyrrole nitrogens is 2. The van der Waals surface area contributed by atoms with Crippen LogP contribution in [-0.2, 0) is 9.47 Å². The molecule has 2 aromatic heterocycles. The number of amides is 3. The monoisotopic (exact) mass is 579 g/mol. The van der Waals surface area contributed by atoms with Gasteiger partial charge in [0.25, 0.3) is 5.91 Å². The summed E-state index contributed by atoms with van der Waals surface area (Å²) < 4.78 is 10.5. The predicted octanol–water partition coefficient (Wildman–Crippen LogP) is 1.20. The topological polar surface area (TPSA) is 189 Å². The van der Waals surface area contributed by atoms with Crippen molar-refractivity contribution >= 4 is 24.1 Å². The SMILES string of the molecule is CC(C)(C)OC(=O)N1CCN(C(=O)c2cnc[nH]2)CC1.CC(C)(C)OC(=O)N1CCNCC1.O=C([OH2+])c1cnc[nH]1. The summed E-state index contributed by atoms with van der Waals surface area (Å²) >= 11 is 0. The van der Waals surface area contributed by atoms with E-state index in [1.807, 2.05) is 41.5 Å². The predicted molar refractivity (Wildman–Crippen MR) is 150 cm³/mol. The molecule has 0 aromatic carbocycles. The number of aromatic amines is 2. The van der Waals surface area contributed by atoms with Gasteiger partial charge in [0.05, 0.1) is 25.0 Å². The number of rotatable bonds is 2. The summed E-state index contributed by atoms with van der Waals surface area (Å²) in [7, 11) is 0. The molecule has 0 bridgehead atoms. The van der Waals surface area contributed by atoms with Crippen molar-refractivity contribution in [2.24, 2.45) is 0 Å². The molecule has 4 rings (SSSR count). The summed E-state index contributed by atoms with van der Waals surface area (Å²) in [6.07, 6.45) is 5.13. The van der Waals surface area contributed by atoms with Crippen molar-refractivity contribution in [2.45, 2.75) is 52.7 Å². The van der Waals surface area contributed by atoms with Gasteiger partial charge in [0.2, 0.25) is 5.69 Å². The third-order valence-corrected chi connectivity index (χ3v) is 5.46. The first-order valence-electron chi connectivity index (χ1n) is 13.3. The minimum atomic E-state index is -0.734. The Hall–Kier alpha value is -4.14. The van der Waals surface area contributed by atoms with Gasteiger partial charge in [-0.1, -0.05) is 0 Å². The zero-order valence-corrected chi connectivity index (χ0v) is 24.7. The van der Waals surface area contributed by atoms with Crippen molar-refractivity contribution in [3.8, 4) is 0 Å². The highest BCUT2D eigenvalue weighted by atomic mass is 16.6. The molecule has 2 aromatic rings. The van der Waals surface area contributed by atoms with Crippen LogP contribution in [0.15, 0.2) is 25.0 Å². The minimum Gasteiger partial charge on any atom is -0.560 e. The maximum absolute atomic E-state index is 12.1. The summed E-state index contributed by atoms with van der Waals surface area (Å²) in [5.74, 6) is -0.825. The van der Waals surface area contributed by atoms with Gasteiger partial charge in [-0.05, 0) is 41.5 Å². The quantitative estimate of drug-likeness (QED) is 0.439. The minimum absolute atomic E-state index is 0.0914. The molecular formula is C26H43N8O7+. The van der Waals surface area contributed by atoms with Crippen LogP contribution in [0.3, 0.4) is 0 Å². The van der Waals surface area contributed by atoms with E-state index in [-0.39, 0.29) is 29.4 Å². The van der Waals surface area contributed by atoms with Gasteiger partial charge in [-0.3, -0.25) is 4.79 Å².